The molecule has 0 atom stereocenters. The average molecular weight is 341 g/mol. The standard InChI is InChI=1S/C19H11N5O2/c20-11-15-17(22-18(25)13-7-3-1-4-8-13)16(12-21)23-24(19(15)26)14-9-5-2-6-10-14/h1-10H,(H,22,25). The zero-order chi connectivity index (χ0) is 18.5. The van der Waals surface area contributed by atoms with E-state index in [-0.39, 0.29) is 16.9 Å². The van der Waals surface area contributed by atoms with Crippen LogP contribution >= 0.6 is 0 Å². The second-order valence-electron chi connectivity index (χ2n) is 5.19. The Bertz CT molecular complexity index is 1110. The van der Waals surface area contributed by atoms with Gasteiger partial charge in [0.25, 0.3) is 11.5 Å². The van der Waals surface area contributed by atoms with Crippen molar-refractivity contribution >= 4 is 11.6 Å². The third-order valence-electron chi connectivity index (χ3n) is 3.59. The van der Waals surface area contributed by atoms with E-state index in [2.05, 4.69) is 10.4 Å². The van der Waals surface area contributed by atoms with Crippen LogP contribution in [0.15, 0.2) is 65.5 Å². The summed E-state index contributed by atoms with van der Waals surface area (Å²) in [6.07, 6.45) is 0. The Balaban J connectivity index is 2.14. The number of nitriles is 2. The quantitative estimate of drug-likeness (QED) is 0.785. The SMILES string of the molecule is N#Cc1nn(-c2ccccc2)c(=O)c(C#N)c1NC(=O)c1ccccc1. The van der Waals surface area contributed by atoms with Gasteiger partial charge in [-0.05, 0) is 24.3 Å². The van der Waals surface area contributed by atoms with Gasteiger partial charge in [0.15, 0.2) is 5.69 Å². The van der Waals surface area contributed by atoms with E-state index in [1.54, 1.807) is 66.7 Å². The average Bonchev–Trinajstić information content (AvgIpc) is 2.69. The van der Waals surface area contributed by atoms with Gasteiger partial charge in [-0.3, -0.25) is 9.59 Å². The number of carbonyl (C=O) groups excluding carboxylic acids is 1. The van der Waals surface area contributed by atoms with E-state index in [1.807, 2.05) is 6.07 Å². The minimum atomic E-state index is -0.721. The topological polar surface area (TPSA) is 112 Å². The number of nitrogens with zero attached hydrogens (tertiary/aromatic N) is 4. The summed E-state index contributed by atoms with van der Waals surface area (Å²) in [6.45, 7) is 0. The van der Waals surface area contributed by atoms with Gasteiger partial charge in [0, 0.05) is 5.56 Å². The Morgan fingerprint density at radius 3 is 2.15 bits per heavy atom. The van der Waals surface area contributed by atoms with Crippen molar-refractivity contribution in [3.8, 4) is 17.8 Å². The molecule has 0 saturated carbocycles. The van der Waals surface area contributed by atoms with Gasteiger partial charge in [0.05, 0.1) is 5.69 Å². The fourth-order valence-electron chi connectivity index (χ4n) is 2.35. The molecule has 124 valence electrons. The lowest BCUT2D eigenvalue weighted by atomic mass is 10.1. The van der Waals surface area contributed by atoms with Crippen LogP contribution in [0.4, 0.5) is 5.69 Å². The smallest absolute Gasteiger partial charge is 0.291 e. The number of carbonyl (C=O) groups is 1. The van der Waals surface area contributed by atoms with Crippen molar-refractivity contribution in [2.75, 3.05) is 5.32 Å². The van der Waals surface area contributed by atoms with Gasteiger partial charge < -0.3 is 5.32 Å². The molecule has 0 aliphatic carbocycles. The van der Waals surface area contributed by atoms with Crippen LogP contribution in [-0.2, 0) is 0 Å². The third-order valence-corrected chi connectivity index (χ3v) is 3.59. The molecule has 0 aliphatic rings. The first kappa shape index (κ1) is 16.6. The molecule has 3 aromatic rings. The number of amides is 1. The van der Waals surface area contributed by atoms with Crippen LogP contribution in [0, 0.1) is 22.7 Å². The number of aromatic nitrogens is 2. The molecule has 0 unspecified atom stereocenters. The summed E-state index contributed by atoms with van der Waals surface area (Å²) in [4.78, 5) is 25.0. The summed E-state index contributed by atoms with van der Waals surface area (Å²) < 4.78 is 0.968. The normalized spacial score (nSPS) is 9.77. The monoisotopic (exact) mass is 341 g/mol. The molecule has 0 aliphatic heterocycles. The molecular weight excluding hydrogens is 330 g/mol. The van der Waals surface area contributed by atoms with E-state index in [1.165, 1.54) is 0 Å². The summed E-state index contributed by atoms with van der Waals surface area (Å²) in [5.41, 5.74) is -0.764. The predicted octanol–water partition coefficient (Wildman–Crippen LogP) is 2.23. The highest BCUT2D eigenvalue weighted by atomic mass is 16.2. The molecule has 2 aromatic carbocycles. The molecule has 0 bridgehead atoms. The second-order valence-corrected chi connectivity index (χ2v) is 5.19. The molecule has 0 fully saturated rings. The van der Waals surface area contributed by atoms with Crippen LogP contribution in [0.5, 0.6) is 0 Å². The lowest BCUT2D eigenvalue weighted by Gasteiger charge is -2.11. The van der Waals surface area contributed by atoms with Crippen molar-refractivity contribution in [1.29, 1.82) is 10.5 Å². The van der Waals surface area contributed by atoms with Gasteiger partial charge in [-0.15, -0.1) is 0 Å². The van der Waals surface area contributed by atoms with E-state index in [0.717, 1.165) is 4.68 Å². The molecule has 1 amide bonds. The van der Waals surface area contributed by atoms with Crippen molar-refractivity contribution in [3.63, 3.8) is 0 Å². The summed E-state index contributed by atoms with van der Waals surface area (Å²) in [6, 6.07) is 20.3. The number of para-hydroxylation sites is 1. The Morgan fingerprint density at radius 2 is 1.58 bits per heavy atom. The summed E-state index contributed by atoms with van der Waals surface area (Å²) in [5, 5.41) is 25.3. The molecule has 7 heteroatoms. The van der Waals surface area contributed by atoms with Crippen LogP contribution in [0.1, 0.15) is 21.6 Å². The predicted molar refractivity (Wildman–Crippen MR) is 93.7 cm³/mol. The zero-order valence-electron chi connectivity index (χ0n) is 13.4. The number of anilines is 1. The van der Waals surface area contributed by atoms with Crippen LogP contribution < -0.4 is 10.9 Å². The Morgan fingerprint density at radius 1 is 0.962 bits per heavy atom. The van der Waals surface area contributed by atoms with E-state index in [4.69, 9.17) is 0 Å². The summed E-state index contributed by atoms with van der Waals surface area (Å²) in [5.74, 6) is -0.544. The number of nitrogens with one attached hydrogen (secondary N) is 1. The first-order chi connectivity index (χ1) is 12.7. The summed E-state index contributed by atoms with van der Waals surface area (Å²) >= 11 is 0. The van der Waals surface area contributed by atoms with Crippen LogP contribution in [-0.4, -0.2) is 15.7 Å². The molecule has 1 heterocycles. The number of rotatable bonds is 3. The van der Waals surface area contributed by atoms with Gasteiger partial charge >= 0.3 is 0 Å². The molecule has 1 aromatic heterocycles. The Hall–Kier alpha value is -4.23. The molecule has 0 radical (unpaired) electrons. The van der Waals surface area contributed by atoms with Crippen molar-refractivity contribution < 1.29 is 4.79 Å². The number of hydrogen-bond acceptors (Lipinski definition) is 5. The van der Waals surface area contributed by atoms with E-state index < -0.39 is 11.5 Å². The lowest BCUT2D eigenvalue weighted by molar-refractivity contribution is 0.102. The van der Waals surface area contributed by atoms with E-state index in [9.17, 15) is 20.1 Å². The fraction of sp³-hybridized carbons (Fsp3) is 0. The first-order valence-corrected chi connectivity index (χ1v) is 7.55. The maximum atomic E-state index is 12.6. The Labute approximate surface area is 148 Å². The largest absolute Gasteiger partial charge is 0.318 e. The van der Waals surface area contributed by atoms with Crippen LogP contribution in [0.25, 0.3) is 5.69 Å². The maximum absolute atomic E-state index is 12.6. The minimum absolute atomic E-state index is 0.193. The van der Waals surface area contributed by atoms with Crippen molar-refractivity contribution in [3.05, 3.63) is 87.8 Å². The van der Waals surface area contributed by atoms with Crippen molar-refractivity contribution in [2.45, 2.75) is 0 Å². The fourth-order valence-corrected chi connectivity index (χ4v) is 2.35. The molecule has 7 nitrogen and oxygen atoms in total. The number of benzene rings is 2. The van der Waals surface area contributed by atoms with E-state index >= 15 is 0 Å². The van der Waals surface area contributed by atoms with E-state index in [0.29, 0.717) is 11.3 Å². The highest BCUT2D eigenvalue weighted by Crippen LogP contribution is 2.17. The molecule has 0 spiro atoms. The Kier molecular flexibility index (Phi) is 4.55. The molecule has 26 heavy (non-hydrogen) atoms. The molecule has 0 saturated heterocycles. The summed E-state index contributed by atoms with van der Waals surface area (Å²) in [7, 11) is 0. The molecular formula is C19H11N5O2. The highest BCUT2D eigenvalue weighted by Gasteiger charge is 2.20. The van der Waals surface area contributed by atoms with Crippen LogP contribution in [0.2, 0.25) is 0 Å². The minimum Gasteiger partial charge on any atom is -0.318 e. The first-order valence-electron chi connectivity index (χ1n) is 7.55. The van der Waals surface area contributed by atoms with Gasteiger partial charge in [-0.25, -0.2) is 0 Å². The van der Waals surface area contributed by atoms with Crippen molar-refractivity contribution in [2.24, 2.45) is 0 Å². The van der Waals surface area contributed by atoms with Gasteiger partial charge in [-0.2, -0.15) is 20.3 Å². The third kappa shape index (κ3) is 3.05. The molecule has 1 N–H and O–H groups in total. The van der Waals surface area contributed by atoms with Gasteiger partial charge in [0.1, 0.15) is 23.4 Å². The highest BCUT2D eigenvalue weighted by molar-refractivity contribution is 6.05. The lowest BCUT2D eigenvalue weighted by Crippen LogP contribution is -2.28. The maximum Gasteiger partial charge on any atom is 0.291 e. The zero-order valence-corrected chi connectivity index (χ0v) is 13.4. The van der Waals surface area contributed by atoms with Crippen LogP contribution in [0.3, 0.4) is 0 Å². The second kappa shape index (κ2) is 7.12. The molecule has 3 rings (SSSR count). The number of hydrogen-bond donors (Lipinski definition) is 1. The van der Waals surface area contributed by atoms with Gasteiger partial charge in [-0.1, -0.05) is 36.4 Å². The van der Waals surface area contributed by atoms with Gasteiger partial charge in [0.2, 0.25) is 0 Å². The van der Waals surface area contributed by atoms with Crippen molar-refractivity contribution in [1.82, 2.24) is 9.78 Å².